The van der Waals surface area contributed by atoms with Gasteiger partial charge in [0, 0.05) is 17.4 Å². The lowest BCUT2D eigenvalue weighted by Crippen LogP contribution is -2.57. The van der Waals surface area contributed by atoms with Gasteiger partial charge in [-0.2, -0.15) is 0 Å². The summed E-state index contributed by atoms with van der Waals surface area (Å²) in [6.45, 7) is 7.86. The van der Waals surface area contributed by atoms with E-state index in [0.29, 0.717) is 18.4 Å². The fraction of sp³-hybridized carbons (Fsp3) is 0.700. The minimum Gasteiger partial charge on any atom is -0.456 e. The number of allylic oxidation sites excluding steroid dienone is 2. The normalized spacial score (nSPS) is 40.6. The van der Waals surface area contributed by atoms with Crippen LogP contribution < -0.4 is 0 Å². The van der Waals surface area contributed by atoms with Gasteiger partial charge in [-0.15, -0.1) is 0 Å². The number of esters is 1. The van der Waals surface area contributed by atoms with Crippen LogP contribution in [-0.4, -0.2) is 28.6 Å². The van der Waals surface area contributed by atoms with Crippen LogP contribution in [0.5, 0.6) is 0 Å². The molecule has 0 amide bonds. The van der Waals surface area contributed by atoms with E-state index in [9.17, 15) is 14.7 Å². The number of hydrogen-bond acceptors (Lipinski definition) is 4. The van der Waals surface area contributed by atoms with E-state index < -0.39 is 11.7 Å². The fourth-order valence-electron chi connectivity index (χ4n) is 4.83. The van der Waals surface area contributed by atoms with Crippen LogP contribution in [0.25, 0.3) is 0 Å². The molecular weight excluding hydrogens is 304 g/mol. The van der Waals surface area contributed by atoms with E-state index in [-0.39, 0.29) is 23.1 Å². The van der Waals surface area contributed by atoms with Crippen molar-refractivity contribution in [3.05, 3.63) is 22.8 Å². The van der Waals surface area contributed by atoms with Gasteiger partial charge in [-0.1, -0.05) is 19.4 Å². The first-order chi connectivity index (χ1) is 11.2. The summed E-state index contributed by atoms with van der Waals surface area (Å²) >= 11 is 0. The molecule has 1 fully saturated rings. The number of hydrogen-bond donors (Lipinski definition) is 1. The maximum absolute atomic E-state index is 12.3. The van der Waals surface area contributed by atoms with Crippen LogP contribution in [0.3, 0.4) is 0 Å². The SMILES string of the molecule is CC1=CC(=O)CC(C)CC2OC(=O)C(C)=C3CCC(C)(CC1)C32O. The molecule has 0 radical (unpaired) electrons. The molecule has 4 atom stereocenters. The molecule has 132 valence electrons. The van der Waals surface area contributed by atoms with Crippen LogP contribution in [0, 0.1) is 11.3 Å². The Bertz CT molecular complexity index is 644. The molecule has 1 aliphatic heterocycles. The van der Waals surface area contributed by atoms with Gasteiger partial charge >= 0.3 is 5.97 Å². The molecule has 0 bridgehead atoms. The van der Waals surface area contributed by atoms with Gasteiger partial charge in [0.2, 0.25) is 0 Å². The van der Waals surface area contributed by atoms with Crippen molar-refractivity contribution in [2.75, 3.05) is 0 Å². The highest BCUT2D eigenvalue weighted by Gasteiger charge is 2.62. The van der Waals surface area contributed by atoms with Crippen LogP contribution in [0.1, 0.15) is 66.2 Å². The van der Waals surface area contributed by atoms with E-state index in [1.807, 2.05) is 13.8 Å². The molecule has 0 saturated heterocycles. The second kappa shape index (κ2) is 5.83. The Morgan fingerprint density at radius 2 is 1.88 bits per heavy atom. The second-order valence-corrected chi connectivity index (χ2v) is 8.33. The first-order valence-corrected chi connectivity index (χ1v) is 9.01. The quantitative estimate of drug-likeness (QED) is 0.690. The Morgan fingerprint density at radius 3 is 2.58 bits per heavy atom. The van der Waals surface area contributed by atoms with Gasteiger partial charge in [0.15, 0.2) is 5.78 Å². The maximum atomic E-state index is 12.3. The van der Waals surface area contributed by atoms with Gasteiger partial charge in [-0.05, 0) is 63.5 Å². The van der Waals surface area contributed by atoms with E-state index >= 15 is 0 Å². The highest BCUT2D eigenvalue weighted by Crippen LogP contribution is 2.58. The number of rotatable bonds is 0. The number of aliphatic hydroxyl groups is 1. The first kappa shape index (κ1) is 17.4. The summed E-state index contributed by atoms with van der Waals surface area (Å²) in [6.07, 6.45) is 5.31. The molecule has 0 aromatic heterocycles. The minimum absolute atomic E-state index is 0.0611. The van der Waals surface area contributed by atoms with Gasteiger partial charge in [-0.25, -0.2) is 4.79 Å². The predicted molar refractivity (Wildman–Crippen MR) is 91.3 cm³/mol. The van der Waals surface area contributed by atoms with Gasteiger partial charge in [0.1, 0.15) is 11.7 Å². The molecule has 0 aromatic rings. The van der Waals surface area contributed by atoms with Crippen LogP contribution >= 0.6 is 0 Å². The Hall–Kier alpha value is -1.42. The second-order valence-electron chi connectivity index (χ2n) is 8.33. The molecule has 4 unspecified atom stereocenters. The third-order valence-electron chi connectivity index (χ3n) is 6.43. The van der Waals surface area contributed by atoms with E-state index in [0.717, 1.165) is 36.8 Å². The van der Waals surface area contributed by atoms with E-state index in [1.54, 1.807) is 13.0 Å². The van der Waals surface area contributed by atoms with E-state index in [1.165, 1.54) is 0 Å². The summed E-state index contributed by atoms with van der Waals surface area (Å²) in [6, 6.07) is 0. The zero-order valence-corrected chi connectivity index (χ0v) is 15.1. The molecule has 0 spiro atoms. The summed E-state index contributed by atoms with van der Waals surface area (Å²) in [5.74, 6) is -0.129. The molecule has 4 heteroatoms. The number of ether oxygens (including phenoxy) is 1. The molecule has 3 rings (SSSR count). The number of ketones is 1. The van der Waals surface area contributed by atoms with Crippen LogP contribution in [0.15, 0.2) is 22.8 Å². The van der Waals surface area contributed by atoms with Crippen molar-refractivity contribution in [3.8, 4) is 0 Å². The van der Waals surface area contributed by atoms with Crippen molar-refractivity contribution in [1.29, 1.82) is 0 Å². The first-order valence-electron chi connectivity index (χ1n) is 9.01. The molecule has 1 heterocycles. The molecule has 3 aliphatic rings. The zero-order valence-electron chi connectivity index (χ0n) is 15.1. The highest BCUT2D eigenvalue weighted by atomic mass is 16.6. The smallest absolute Gasteiger partial charge is 0.334 e. The third kappa shape index (κ3) is 2.55. The number of carbonyl (C=O) groups is 2. The summed E-state index contributed by atoms with van der Waals surface area (Å²) in [7, 11) is 0. The highest BCUT2D eigenvalue weighted by molar-refractivity contribution is 5.91. The number of carbonyl (C=O) groups excluding carboxylic acids is 2. The molecule has 1 N–H and O–H groups in total. The van der Waals surface area contributed by atoms with Gasteiger partial charge in [0.25, 0.3) is 0 Å². The zero-order chi connectivity index (χ0) is 17.7. The Balaban J connectivity index is 2.08. The lowest BCUT2D eigenvalue weighted by Gasteiger charge is -2.48. The Morgan fingerprint density at radius 1 is 1.21 bits per heavy atom. The topological polar surface area (TPSA) is 63.6 Å². The van der Waals surface area contributed by atoms with Crippen molar-refractivity contribution in [3.63, 3.8) is 0 Å². The lowest BCUT2D eigenvalue weighted by molar-refractivity contribution is -0.178. The van der Waals surface area contributed by atoms with Crippen molar-refractivity contribution in [1.82, 2.24) is 0 Å². The Labute approximate surface area is 144 Å². The van der Waals surface area contributed by atoms with Gasteiger partial charge in [-0.3, -0.25) is 4.79 Å². The standard InChI is InChI=1S/C20H28O4/c1-12-5-7-19(4)8-6-16-14(3)18(22)24-17(20(16,19)23)11-13(2)10-15(21)9-12/h9,13,17,23H,5-8,10-11H2,1-4H3. The summed E-state index contributed by atoms with van der Waals surface area (Å²) in [5.41, 5.74) is 1.07. The van der Waals surface area contributed by atoms with Crippen LogP contribution in [-0.2, 0) is 14.3 Å². The molecule has 4 nitrogen and oxygen atoms in total. The summed E-state index contributed by atoms with van der Waals surface area (Å²) in [4.78, 5) is 24.4. The van der Waals surface area contributed by atoms with E-state index in [2.05, 4.69) is 6.92 Å². The lowest BCUT2D eigenvalue weighted by atomic mass is 9.65. The van der Waals surface area contributed by atoms with Crippen LogP contribution in [0.4, 0.5) is 0 Å². The van der Waals surface area contributed by atoms with Crippen molar-refractivity contribution in [2.24, 2.45) is 11.3 Å². The van der Waals surface area contributed by atoms with Gasteiger partial charge < -0.3 is 9.84 Å². The van der Waals surface area contributed by atoms with Crippen molar-refractivity contribution < 1.29 is 19.4 Å². The molecule has 2 aliphatic carbocycles. The molecular formula is C20H28O4. The monoisotopic (exact) mass is 332 g/mol. The molecule has 24 heavy (non-hydrogen) atoms. The van der Waals surface area contributed by atoms with E-state index in [4.69, 9.17) is 4.74 Å². The largest absolute Gasteiger partial charge is 0.456 e. The predicted octanol–water partition coefficient (Wildman–Crippen LogP) is 3.49. The third-order valence-corrected chi connectivity index (χ3v) is 6.43. The molecule has 1 saturated carbocycles. The van der Waals surface area contributed by atoms with Gasteiger partial charge in [0.05, 0.1) is 0 Å². The van der Waals surface area contributed by atoms with Crippen molar-refractivity contribution >= 4 is 11.8 Å². The summed E-state index contributed by atoms with van der Waals surface area (Å²) in [5, 5.41) is 11.8. The maximum Gasteiger partial charge on any atom is 0.334 e. The fourth-order valence-corrected chi connectivity index (χ4v) is 4.83. The minimum atomic E-state index is -1.10. The summed E-state index contributed by atoms with van der Waals surface area (Å²) < 4.78 is 5.68. The Kier molecular flexibility index (Phi) is 4.23. The van der Waals surface area contributed by atoms with Crippen molar-refractivity contribution in [2.45, 2.75) is 77.9 Å². The average molecular weight is 332 g/mol. The van der Waals surface area contributed by atoms with Crippen LogP contribution in [0.2, 0.25) is 0 Å². The molecule has 0 aromatic carbocycles. The average Bonchev–Trinajstić information content (AvgIpc) is 2.75.